The van der Waals surface area contributed by atoms with E-state index in [1.807, 2.05) is 25.7 Å². The number of hydrogen-bond acceptors (Lipinski definition) is 2. The summed E-state index contributed by atoms with van der Waals surface area (Å²) in [7, 11) is 0. The zero-order valence-corrected chi connectivity index (χ0v) is 15.1. The molecule has 1 saturated carbocycles. The Kier molecular flexibility index (Phi) is 4.23. The second kappa shape index (κ2) is 5.88. The number of benzene rings is 1. The van der Waals surface area contributed by atoms with E-state index in [2.05, 4.69) is 34.1 Å². The van der Waals surface area contributed by atoms with E-state index in [0.717, 1.165) is 29.9 Å². The van der Waals surface area contributed by atoms with Crippen molar-refractivity contribution in [3.63, 3.8) is 0 Å². The predicted octanol–water partition coefficient (Wildman–Crippen LogP) is 5.05. The van der Waals surface area contributed by atoms with E-state index in [0.29, 0.717) is 5.92 Å². The average Bonchev–Trinajstić information content (AvgIpc) is 3.14. The first-order valence-electron chi connectivity index (χ1n) is 8.11. The van der Waals surface area contributed by atoms with E-state index < -0.39 is 5.60 Å². The molecule has 1 aliphatic carbocycles. The maximum Gasteiger partial charge on any atom is 0.410 e. The third-order valence-corrected chi connectivity index (χ3v) is 4.84. The Balaban J connectivity index is 1.72. The summed E-state index contributed by atoms with van der Waals surface area (Å²) in [6.07, 6.45) is 3.44. The molecule has 0 aromatic heterocycles. The molecule has 1 aliphatic heterocycles. The molecule has 1 aromatic carbocycles. The number of ether oxygens (including phenoxy) is 1. The van der Waals surface area contributed by atoms with Gasteiger partial charge in [-0.15, -0.1) is 0 Å². The van der Waals surface area contributed by atoms with Gasteiger partial charge in [0, 0.05) is 23.5 Å². The lowest BCUT2D eigenvalue weighted by atomic mass is 9.91. The normalized spacial score (nSPS) is 22.0. The van der Waals surface area contributed by atoms with Gasteiger partial charge in [-0.25, -0.2) is 4.79 Å². The third-order valence-electron chi connectivity index (χ3n) is 4.35. The summed E-state index contributed by atoms with van der Waals surface area (Å²) in [6.45, 7) is 7.31. The summed E-state index contributed by atoms with van der Waals surface area (Å²) in [4.78, 5) is 14.1. The SMILES string of the molecule is CC(C)(C)OC(=O)N1CCC(c2ccc(Br)cc2C2CC2)C1. The van der Waals surface area contributed by atoms with Crippen LogP contribution in [0, 0.1) is 0 Å². The fourth-order valence-electron chi connectivity index (χ4n) is 3.17. The Morgan fingerprint density at radius 2 is 1.91 bits per heavy atom. The Labute approximate surface area is 141 Å². The molecule has 0 N–H and O–H groups in total. The van der Waals surface area contributed by atoms with Gasteiger partial charge in [-0.1, -0.05) is 22.0 Å². The molecular formula is C18H24BrNO2. The van der Waals surface area contributed by atoms with E-state index in [9.17, 15) is 4.79 Å². The van der Waals surface area contributed by atoms with E-state index in [1.165, 1.54) is 24.0 Å². The quantitative estimate of drug-likeness (QED) is 0.733. The molecule has 0 radical (unpaired) electrons. The van der Waals surface area contributed by atoms with Crippen molar-refractivity contribution < 1.29 is 9.53 Å². The van der Waals surface area contributed by atoms with Gasteiger partial charge >= 0.3 is 6.09 Å². The summed E-state index contributed by atoms with van der Waals surface area (Å²) in [5.41, 5.74) is 2.48. The highest BCUT2D eigenvalue weighted by Gasteiger charge is 2.34. The van der Waals surface area contributed by atoms with Crippen molar-refractivity contribution in [2.75, 3.05) is 13.1 Å². The van der Waals surface area contributed by atoms with Crippen molar-refractivity contribution in [3.8, 4) is 0 Å². The van der Waals surface area contributed by atoms with Gasteiger partial charge < -0.3 is 9.64 Å². The van der Waals surface area contributed by atoms with Gasteiger partial charge in [0.15, 0.2) is 0 Å². The second-order valence-corrected chi connectivity index (χ2v) is 8.38. The number of rotatable bonds is 2. The molecule has 1 amide bonds. The first-order valence-corrected chi connectivity index (χ1v) is 8.90. The molecule has 2 aliphatic rings. The summed E-state index contributed by atoms with van der Waals surface area (Å²) in [6, 6.07) is 6.63. The van der Waals surface area contributed by atoms with Crippen LogP contribution in [0.25, 0.3) is 0 Å². The molecule has 1 saturated heterocycles. The fraction of sp³-hybridized carbons (Fsp3) is 0.611. The first kappa shape index (κ1) is 15.9. The Morgan fingerprint density at radius 1 is 1.18 bits per heavy atom. The van der Waals surface area contributed by atoms with Crippen molar-refractivity contribution in [2.45, 2.75) is 57.5 Å². The van der Waals surface area contributed by atoms with Crippen LogP contribution in [0.2, 0.25) is 0 Å². The lowest BCUT2D eigenvalue weighted by Gasteiger charge is -2.24. The van der Waals surface area contributed by atoms with E-state index in [1.54, 1.807) is 0 Å². The number of hydrogen-bond donors (Lipinski definition) is 0. The molecule has 0 bridgehead atoms. The topological polar surface area (TPSA) is 29.5 Å². The van der Waals surface area contributed by atoms with Crippen molar-refractivity contribution in [1.82, 2.24) is 4.90 Å². The van der Waals surface area contributed by atoms with E-state index >= 15 is 0 Å². The van der Waals surface area contributed by atoms with Crippen LogP contribution >= 0.6 is 15.9 Å². The van der Waals surface area contributed by atoms with Gasteiger partial charge in [0.1, 0.15) is 5.60 Å². The number of halogens is 1. The predicted molar refractivity (Wildman–Crippen MR) is 91.3 cm³/mol. The third kappa shape index (κ3) is 3.65. The molecule has 0 spiro atoms. The molecule has 2 fully saturated rings. The van der Waals surface area contributed by atoms with Crippen LogP contribution in [-0.4, -0.2) is 29.7 Å². The van der Waals surface area contributed by atoms with Crippen molar-refractivity contribution in [1.29, 1.82) is 0 Å². The number of carbonyl (C=O) groups excluding carboxylic acids is 1. The fourth-order valence-corrected chi connectivity index (χ4v) is 3.55. The maximum absolute atomic E-state index is 12.2. The van der Waals surface area contributed by atoms with Crippen LogP contribution in [0.5, 0.6) is 0 Å². The summed E-state index contributed by atoms with van der Waals surface area (Å²) >= 11 is 3.58. The van der Waals surface area contributed by atoms with Gasteiger partial charge in [-0.2, -0.15) is 0 Å². The van der Waals surface area contributed by atoms with Crippen LogP contribution in [0.4, 0.5) is 4.79 Å². The lowest BCUT2D eigenvalue weighted by Crippen LogP contribution is -2.35. The Morgan fingerprint density at radius 3 is 2.55 bits per heavy atom. The molecule has 3 rings (SSSR count). The Hall–Kier alpha value is -1.03. The molecule has 22 heavy (non-hydrogen) atoms. The average molecular weight is 366 g/mol. The highest BCUT2D eigenvalue weighted by atomic mass is 79.9. The zero-order chi connectivity index (χ0) is 15.9. The maximum atomic E-state index is 12.2. The largest absolute Gasteiger partial charge is 0.444 e. The summed E-state index contributed by atoms with van der Waals surface area (Å²) in [5.74, 6) is 1.17. The zero-order valence-electron chi connectivity index (χ0n) is 13.6. The number of nitrogens with zero attached hydrogens (tertiary/aromatic N) is 1. The molecule has 1 aromatic rings. The number of carbonyl (C=O) groups is 1. The minimum absolute atomic E-state index is 0.180. The molecule has 120 valence electrons. The van der Waals surface area contributed by atoms with Crippen LogP contribution in [0.1, 0.15) is 63.0 Å². The van der Waals surface area contributed by atoms with Crippen LogP contribution in [0.3, 0.4) is 0 Å². The van der Waals surface area contributed by atoms with Crippen LogP contribution in [-0.2, 0) is 4.74 Å². The van der Waals surface area contributed by atoms with E-state index in [4.69, 9.17) is 4.74 Å². The number of likely N-dealkylation sites (tertiary alicyclic amines) is 1. The minimum atomic E-state index is -0.425. The van der Waals surface area contributed by atoms with Gasteiger partial charge in [0.25, 0.3) is 0 Å². The smallest absolute Gasteiger partial charge is 0.410 e. The molecule has 1 atom stereocenters. The lowest BCUT2D eigenvalue weighted by molar-refractivity contribution is 0.0292. The first-order chi connectivity index (χ1) is 10.3. The highest BCUT2D eigenvalue weighted by molar-refractivity contribution is 9.10. The van der Waals surface area contributed by atoms with Gasteiger partial charge in [0.2, 0.25) is 0 Å². The monoisotopic (exact) mass is 365 g/mol. The molecule has 3 nitrogen and oxygen atoms in total. The second-order valence-electron chi connectivity index (χ2n) is 7.46. The highest BCUT2D eigenvalue weighted by Crippen LogP contribution is 2.45. The van der Waals surface area contributed by atoms with Gasteiger partial charge in [0.05, 0.1) is 0 Å². The van der Waals surface area contributed by atoms with Gasteiger partial charge in [-0.05, 0) is 69.2 Å². The van der Waals surface area contributed by atoms with E-state index in [-0.39, 0.29) is 6.09 Å². The minimum Gasteiger partial charge on any atom is -0.444 e. The number of amides is 1. The van der Waals surface area contributed by atoms with Crippen molar-refractivity contribution in [3.05, 3.63) is 33.8 Å². The standard InChI is InChI=1S/C18H24BrNO2/c1-18(2,3)22-17(21)20-9-8-13(11-20)15-7-6-14(19)10-16(15)12-4-5-12/h6-7,10,12-13H,4-5,8-9,11H2,1-3H3. The molecule has 4 heteroatoms. The molecule has 1 heterocycles. The van der Waals surface area contributed by atoms with Crippen LogP contribution in [0.15, 0.2) is 22.7 Å². The van der Waals surface area contributed by atoms with Crippen LogP contribution < -0.4 is 0 Å². The van der Waals surface area contributed by atoms with Crippen molar-refractivity contribution >= 4 is 22.0 Å². The summed E-state index contributed by atoms with van der Waals surface area (Å²) in [5, 5.41) is 0. The molecular weight excluding hydrogens is 342 g/mol. The summed E-state index contributed by atoms with van der Waals surface area (Å²) < 4.78 is 6.65. The molecule has 1 unspecified atom stereocenters. The van der Waals surface area contributed by atoms with Gasteiger partial charge in [-0.3, -0.25) is 0 Å². The Bertz CT molecular complexity index is 575. The van der Waals surface area contributed by atoms with Crippen molar-refractivity contribution in [2.24, 2.45) is 0 Å².